The molecular formula is C6H10N2O2S. The first-order chi connectivity index (χ1) is 5.20. The Bertz CT molecular complexity index is 179. The van der Waals surface area contributed by atoms with Crippen molar-refractivity contribution in [3.8, 4) is 0 Å². The predicted molar refractivity (Wildman–Crippen MR) is 47.4 cm³/mol. The molecule has 0 aromatic carbocycles. The third kappa shape index (κ3) is 5.60. The summed E-state index contributed by atoms with van der Waals surface area (Å²) >= 11 is 1.39. The lowest BCUT2D eigenvalue weighted by Crippen LogP contribution is -1.99. The lowest BCUT2D eigenvalue weighted by Gasteiger charge is -1.96. The Hall–Kier alpha value is -0.840. The predicted octanol–water partition coefficient (Wildman–Crippen LogP) is 1.23. The molecule has 0 heterocycles. The zero-order chi connectivity index (χ0) is 8.69. The number of hydrogen-bond acceptors (Lipinski definition) is 4. The molecule has 11 heavy (non-hydrogen) atoms. The van der Waals surface area contributed by atoms with Gasteiger partial charge in [0.1, 0.15) is 0 Å². The van der Waals surface area contributed by atoms with Gasteiger partial charge in [-0.3, -0.25) is 4.79 Å². The fourth-order valence-electron chi connectivity index (χ4n) is 0.486. The van der Waals surface area contributed by atoms with Crippen molar-refractivity contribution >= 4 is 29.5 Å². The first-order valence-corrected chi connectivity index (χ1v) is 4.21. The summed E-state index contributed by atoms with van der Waals surface area (Å²) in [5.74, 6) is -0.823. The van der Waals surface area contributed by atoms with Gasteiger partial charge in [-0.2, -0.15) is 5.10 Å². The van der Waals surface area contributed by atoms with Crippen molar-refractivity contribution in [2.45, 2.75) is 12.8 Å². The number of hydrogen-bond donors (Lipinski definition) is 1. The van der Waals surface area contributed by atoms with E-state index >= 15 is 0 Å². The van der Waals surface area contributed by atoms with Gasteiger partial charge in [-0.25, -0.2) is 0 Å². The summed E-state index contributed by atoms with van der Waals surface area (Å²) < 4.78 is 0. The van der Waals surface area contributed by atoms with Crippen LogP contribution in [0.4, 0.5) is 0 Å². The van der Waals surface area contributed by atoms with E-state index in [1.54, 1.807) is 0 Å². The summed E-state index contributed by atoms with van der Waals surface area (Å²) in [5, 5.41) is 16.0. The van der Waals surface area contributed by atoms with Crippen LogP contribution < -0.4 is 0 Å². The molecule has 0 saturated heterocycles. The first kappa shape index (κ1) is 10.2. The summed E-state index contributed by atoms with van der Waals surface area (Å²) in [6.07, 6.45) is 2.34. The van der Waals surface area contributed by atoms with Crippen LogP contribution >= 0.6 is 11.8 Å². The second-order valence-corrected chi connectivity index (χ2v) is 2.61. The van der Waals surface area contributed by atoms with Gasteiger partial charge in [0.05, 0.1) is 11.5 Å². The fraction of sp³-hybridized carbons (Fsp3) is 0.500. The molecule has 5 heteroatoms. The molecule has 0 aliphatic carbocycles. The van der Waals surface area contributed by atoms with E-state index in [-0.39, 0.29) is 6.42 Å². The Morgan fingerprint density at radius 1 is 1.64 bits per heavy atom. The lowest BCUT2D eigenvalue weighted by atomic mass is 10.3. The van der Waals surface area contributed by atoms with Crippen LogP contribution in [0.15, 0.2) is 10.2 Å². The summed E-state index contributed by atoms with van der Waals surface area (Å²) in [6, 6.07) is 0. The highest BCUT2D eigenvalue weighted by Gasteiger charge is 2.01. The average molecular weight is 174 g/mol. The molecule has 0 spiro atoms. The van der Waals surface area contributed by atoms with Gasteiger partial charge < -0.3 is 5.11 Å². The average Bonchev–Trinajstić information content (AvgIpc) is 1.97. The maximum absolute atomic E-state index is 10.1. The van der Waals surface area contributed by atoms with Crippen LogP contribution in [0.1, 0.15) is 12.8 Å². The van der Waals surface area contributed by atoms with Gasteiger partial charge in [0.25, 0.3) is 0 Å². The van der Waals surface area contributed by atoms with Crippen molar-refractivity contribution in [3.05, 3.63) is 0 Å². The van der Waals surface area contributed by atoms with Crippen molar-refractivity contribution in [2.24, 2.45) is 10.2 Å². The van der Waals surface area contributed by atoms with E-state index in [1.165, 1.54) is 11.8 Å². The largest absolute Gasteiger partial charge is 0.481 e. The molecule has 0 aliphatic rings. The number of thioether (sulfide) groups is 1. The minimum Gasteiger partial charge on any atom is -0.481 e. The van der Waals surface area contributed by atoms with Gasteiger partial charge in [-0.15, -0.1) is 16.9 Å². The Labute approximate surface area is 69.4 Å². The first-order valence-electron chi connectivity index (χ1n) is 2.99. The smallest absolute Gasteiger partial charge is 0.303 e. The molecule has 4 nitrogen and oxygen atoms in total. The molecule has 0 radical (unpaired) electrons. The Morgan fingerprint density at radius 3 is 2.64 bits per heavy atom. The molecule has 0 amide bonds. The van der Waals surface area contributed by atoms with E-state index in [9.17, 15) is 4.79 Å². The van der Waals surface area contributed by atoms with Crippen LogP contribution in [0.5, 0.6) is 0 Å². The Balaban J connectivity index is 3.79. The molecule has 0 unspecified atom stereocenters. The van der Waals surface area contributed by atoms with E-state index in [4.69, 9.17) is 5.11 Å². The number of aliphatic carboxylic acids is 1. The number of carbonyl (C=O) groups is 1. The van der Waals surface area contributed by atoms with E-state index in [2.05, 4.69) is 16.9 Å². The second-order valence-electron chi connectivity index (χ2n) is 1.73. The topological polar surface area (TPSA) is 62.0 Å². The molecule has 1 N–H and O–H groups in total. The third-order valence-electron chi connectivity index (χ3n) is 0.971. The van der Waals surface area contributed by atoms with Gasteiger partial charge in [0.2, 0.25) is 0 Å². The highest BCUT2D eigenvalue weighted by Crippen LogP contribution is 2.05. The van der Waals surface area contributed by atoms with E-state index in [0.717, 1.165) is 0 Å². The third-order valence-corrected chi connectivity index (χ3v) is 1.73. The number of nitrogens with zero attached hydrogens (tertiary/aromatic N) is 2. The lowest BCUT2D eigenvalue weighted by molar-refractivity contribution is -0.136. The van der Waals surface area contributed by atoms with E-state index in [0.29, 0.717) is 11.5 Å². The summed E-state index contributed by atoms with van der Waals surface area (Å²) in [7, 11) is 0. The maximum atomic E-state index is 10.1. The molecule has 0 rings (SSSR count). The van der Waals surface area contributed by atoms with Gasteiger partial charge in [0, 0.05) is 13.1 Å². The molecule has 0 bridgehead atoms. The minimum absolute atomic E-state index is 0.0925. The summed E-state index contributed by atoms with van der Waals surface area (Å²) in [4.78, 5) is 10.1. The molecule has 0 aromatic rings. The highest BCUT2D eigenvalue weighted by atomic mass is 32.2. The van der Waals surface area contributed by atoms with Crippen molar-refractivity contribution in [3.63, 3.8) is 0 Å². The second kappa shape index (κ2) is 5.91. The maximum Gasteiger partial charge on any atom is 0.303 e. The summed E-state index contributed by atoms with van der Waals surface area (Å²) in [5.41, 5.74) is 0. The van der Waals surface area contributed by atoms with Crippen molar-refractivity contribution in [1.29, 1.82) is 0 Å². The van der Waals surface area contributed by atoms with Crippen LogP contribution in [0.2, 0.25) is 0 Å². The normalized spacial score (nSPS) is 11.2. The molecule has 62 valence electrons. The quantitative estimate of drug-likeness (QED) is 0.396. The highest BCUT2D eigenvalue weighted by molar-refractivity contribution is 8.13. The van der Waals surface area contributed by atoms with Crippen LogP contribution in [0.25, 0.3) is 0 Å². The zero-order valence-electron chi connectivity index (χ0n) is 6.28. The molecular weight excluding hydrogens is 164 g/mol. The van der Waals surface area contributed by atoms with E-state index in [1.807, 2.05) is 6.26 Å². The van der Waals surface area contributed by atoms with Crippen LogP contribution in [-0.4, -0.2) is 29.1 Å². The Kier molecular flexibility index (Phi) is 5.46. The SMILES string of the molecule is C=N/N=C(/CCC(=O)O)SC. The van der Waals surface area contributed by atoms with Crippen molar-refractivity contribution in [1.82, 2.24) is 0 Å². The zero-order valence-corrected chi connectivity index (χ0v) is 7.10. The number of carboxylic acids is 1. The van der Waals surface area contributed by atoms with Gasteiger partial charge >= 0.3 is 5.97 Å². The minimum atomic E-state index is -0.823. The molecule has 0 atom stereocenters. The number of carboxylic acid groups (broad SMARTS) is 1. The van der Waals surface area contributed by atoms with Gasteiger partial charge in [-0.05, 0) is 6.26 Å². The van der Waals surface area contributed by atoms with Gasteiger partial charge in [0.15, 0.2) is 0 Å². The molecule has 0 aliphatic heterocycles. The summed E-state index contributed by atoms with van der Waals surface area (Å²) in [6.45, 7) is 3.18. The van der Waals surface area contributed by atoms with E-state index < -0.39 is 5.97 Å². The standard InChI is InChI=1S/C6H10N2O2S/c1-7-8-5(11-2)3-4-6(9)10/h1,3-4H2,2H3,(H,9,10)/b8-5-. The molecule has 0 fully saturated rings. The Morgan fingerprint density at radius 2 is 2.27 bits per heavy atom. The molecule has 0 aromatic heterocycles. The van der Waals surface area contributed by atoms with Crippen LogP contribution in [-0.2, 0) is 4.79 Å². The monoisotopic (exact) mass is 174 g/mol. The van der Waals surface area contributed by atoms with Crippen molar-refractivity contribution in [2.75, 3.05) is 6.26 Å². The van der Waals surface area contributed by atoms with Crippen molar-refractivity contribution < 1.29 is 9.90 Å². The van der Waals surface area contributed by atoms with Gasteiger partial charge in [-0.1, -0.05) is 0 Å². The van der Waals surface area contributed by atoms with Crippen LogP contribution in [0.3, 0.4) is 0 Å². The molecule has 0 saturated carbocycles. The number of rotatable bonds is 4. The van der Waals surface area contributed by atoms with Crippen LogP contribution in [0, 0.1) is 0 Å². The fourth-order valence-corrected chi connectivity index (χ4v) is 0.931.